The Morgan fingerprint density at radius 2 is 1.89 bits per heavy atom. The largest absolute Gasteiger partial charge is 0.484 e. The van der Waals surface area contributed by atoms with Crippen molar-refractivity contribution < 1.29 is 17.9 Å². The predicted molar refractivity (Wildman–Crippen MR) is 103 cm³/mol. The van der Waals surface area contributed by atoms with Crippen LogP contribution in [0.2, 0.25) is 0 Å². The van der Waals surface area contributed by atoms with Crippen molar-refractivity contribution in [1.82, 2.24) is 10.0 Å². The third-order valence-corrected chi connectivity index (χ3v) is 5.81. The molecule has 0 radical (unpaired) electrons. The van der Waals surface area contributed by atoms with Crippen LogP contribution in [0.4, 0.5) is 0 Å². The van der Waals surface area contributed by atoms with E-state index >= 15 is 0 Å². The Morgan fingerprint density at radius 3 is 2.56 bits per heavy atom. The minimum Gasteiger partial charge on any atom is -0.484 e. The molecule has 0 atom stereocenters. The highest BCUT2D eigenvalue weighted by molar-refractivity contribution is 7.89. The fourth-order valence-corrected chi connectivity index (χ4v) is 4.01. The van der Waals surface area contributed by atoms with Gasteiger partial charge in [0.1, 0.15) is 5.75 Å². The monoisotopic (exact) mass is 388 g/mol. The molecule has 3 rings (SSSR count). The average Bonchev–Trinajstić information content (AvgIpc) is 3.45. The van der Waals surface area contributed by atoms with E-state index in [1.165, 1.54) is 6.07 Å². The zero-order chi connectivity index (χ0) is 19.3. The number of nitrogens with one attached hydrogen (secondary N) is 2. The highest BCUT2D eigenvalue weighted by atomic mass is 32.2. The van der Waals surface area contributed by atoms with Crippen LogP contribution in [0.1, 0.15) is 24.0 Å². The second-order valence-electron chi connectivity index (χ2n) is 6.70. The van der Waals surface area contributed by atoms with Gasteiger partial charge in [0, 0.05) is 12.6 Å². The van der Waals surface area contributed by atoms with E-state index in [0.29, 0.717) is 17.9 Å². The maximum atomic E-state index is 12.2. The van der Waals surface area contributed by atoms with Crippen molar-refractivity contribution in [3.8, 4) is 5.75 Å². The van der Waals surface area contributed by atoms with Crippen LogP contribution >= 0.6 is 0 Å². The van der Waals surface area contributed by atoms with E-state index in [1.807, 2.05) is 30.3 Å². The number of benzene rings is 2. The molecule has 2 aromatic rings. The van der Waals surface area contributed by atoms with Crippen molar-refractivity contribution >= 4 is 15.9 Å². The van der Waals surface area contributed by atoms with Gasteiger partial charge in [-0.1, -0.05) is 30.3 Å². The Labute approximate surface area is 160 Å². The molecule has 0 spiro atoms. The first-order chi connectivity index (χ1) is 12.9. The molecule has 1 fully saturated rings. The van der Waals surface area contributed by atoms with E-state index in [4.69, 9.17) is 4.74 Å². The van der Waals surface area contributed by atoms with Crippen molar-refractivity contribution in [3.63, 3.8) is 0 Å². The van der Waals surface area contributed by atoms with E-state index in [9.17, 15) is 13.2 Å². The summed E-state index contributed by atoms with van der Waals surface area (Å²) in [6.45, 7) is 2.19. The van der Waals surface area contributed by atoms with Crippen molar-refractivity contribution in [1.29, 1.82) is 0 Å². The molecule has 0 bridgehead atoms. The topological polar surface area (TPSA) is 84.5 Å². The normalized spacial score (nSPS) is 14.0. The summed E-state index contributed by atoms with van der Waals surface area (Å²) in [7, 11) is -3.49. The Bertz CT molecular complexity index is 893. The standard InChI is InChI=1S/C20H24N2O4S/c1-15-13-18(27(24,25)22-17-7-8-17)9-10-19(15)26-14-20(23)21-12-11-16-5-3-2-4-6-16/h2-6,9-10,13,17,22H,7-8,11-12,14H2,1H3,(H,21,23). The number of hydrogen-bond donors (Lipinski definition) is 2. The van der Waals surface area contributed by atoms with E-state index < -0.39 is 10.0 Å². The maximum absolute atomic E-state index is 12.2. The lowest BCUT2D eigenvalue weighted by molar-refractivity contribution is -0.123. The number of sulfonamides is 1. The minimum atomic E-state index is -3.49. The van der Waals surface area contributed by atoms with Gasteiger partial charge in [-0.25, -0.2) is 13.1 Å². The highest BCUT2D eigenvalue weighted by Gasteiger charge is 2.28. The van der Waals surface area contributed by atoms with Crippen molar-refractivity contribution in [2.24, 2.45) is 0 Å². The predicted octanol–water partition coefficient (Wildman–Crippen LogP) is 2.17. The van der Waals surface area contributed by atoms with Gasteiger partial charge in [-0.2, -0.15) is 0 Å². The third-order valence-electron chi connectivity index (χ3n) is 4.29. The van der Waals surface area contributed by atoms with E-state index in [0.717, 1.165) is 24.8 Å². The number of rotatable bonds is 9. The number of amides is 1. The smallest absolute Gasteiger partial charge is 0.257 e. The molecule has 1 amide bonds. The van der Waals surface area contributed by atoms with Crippen molar-refractivity contribution in [2.45, 2.75) is 37.1 Å². The molecule has 0 aliphatic heterocycles. The Balaban J connectivity index is 1.48. The lowest BCUT2D eigenvalue weighted by atomic mass is 10.1. The van der Waals surface area contributed by atoms with Crippen molar-refractivity contribution in [3.05, 3.63) is 59.7 Å². The number of carbonyl (C=O) groups excluding carboxylic acids is 1. The SMILES string of the molecule is Cc1cc(S(=O)(=O)NC2CC2)ccc1OCC(=O)NCCc1ccccc1. The fourth-order valence-electron chi connectivity index (χ4n) is 2.62. The molecule has 27 heavy (non-hydrogen) atoms. The van der Waals surface area contributed by atoms with Gasteiger partial charge in [-0.3, -0.25) is 4.79 Å². The molecule has 0 unspecified atom stereocenters. The second-order valence-corrected chi connectivity index (χ2v) is 8.41. The molecule has 6 nitrogen and oxygen atoms in total. The van der Waals surface area contributed by atoms with Gasteiger partial charge in [0.25, 0.3) is 5.91 Å². The Kier molecular flexibility index (Phi) is 6.13. The molecular weight excluding hydrogens is 364 g/mol. The van der Waals surface area contributed by atoms with Crippen LogP contribution in [-0.2, 0) is 21.2 Å². The average molecular weight is 388 g/mol. The molecule has 0 heterocycles. The molecule has 2 aromatic carbocycles. The maximum Gasteiger partial charge on any atom is 0.257 e. The van der Waals surface area contributed by atoms with Crippen LogP contribution in [0.15, 0.2) is 53.4 Å². The summed E-state index contributed by atoms with van der Waals surface area (Å²) in [5.74, 6) is 0.288. The van der Waals surface area contributed by atoms with E-state index in [1.54, 1.807) is 19.1 Å². The molecule has 1 aliphatic rings. The zero-order valence-electron chi connectivity index (χ0n) is 15.3. The summed E-state index contributed by atoms with van der Waals surface area (Å²) in [6, 6.07) is 14.6. The highest BCUT2D eigenvalue weighted by Crippen LogP contribution is 2.25. The van der Waals surface area contributed by atoms with E-state index in [2.05, 4.69) is 10.0 Å². The number of carbonyl (C=O) groups is 1. The summed E-state index contributed by atoms with van der Waals surface area (Å²) in [5.41, 5.74) is 1.83. The van der Waals surface area contributed by atoms with Gasteiger partial charge >= 0.3 is 0 Å². The van der Waals surface area contributed by atoms with Gasteiger partial charge in [0.05, 0.1) is 4.90 Å². The molecule has 1 aliphatic carbocycles. The minimum absolute atomic E-state index is 0.0609. The Morgan fingerprint density at radius 1 is 1.15 bits per heavy atom. The summed E-state index contributed by atoms with van der Waals surface area (Å²) in [6.07, 6.45) is 2.53. The summed E-state index contributed by atoms with van der Waals surface area (Å²) in [5, 5.41) is 2.82. The lowest BCUT2D eigenvalue weighted by Gasteiger charge is -2.12. The molecule has 7 heteroatoms. The molecule has 1 saturated carbocycles. The molecule has 0 aromatic heterocycles. The number of ether oxygens (including phenoxy) is 1. The van der Waals surface area contributed by atoms with Gasteiger partial charge < -0.3 is 10.1 Å². The summed E-state index contributed by atoms with van der Waals surface area (Å²) in [4.78, 5) is 12.1. The summed E-state index contributed by atoms with van der Waals surface area (Å²) >= 11 is 0. The number of aryl methyl sites for hydroxylation is 1. The lowest BCUT2D eigenvalue weighted by Crippen LogP contribution is -2.30. The molecule has 0 saturated heterocycles. The first-order valence-electron chi connectivity index (χ1n) is 9.00. The summed E-state index contributed by atoms with van der Waals surface area (Å²) < 4.78 is 32.6. The third kappa shape index (κ3) is 5.80. The quantitative estimate of drug-likeness (QED) is 0.690. The van der Waals surface area contributed by atoms with Crippen LogP contribution in [0.25, 0.3) is 0 Å². The van der Waals surface area contributed by atoms with Crippen LogP contribution in [-0.4, -0.2) is 33.5 Å². The Hall–Kier alpha value is -2.38. The molecular formula is C20H24N2O4S. The van der Waals surface area contributed by atoms with Crippen LogP contribution in [0, 0.1) is 6.92 Å². The van der Waals surface area contributed by atoms with Crippen LogP contribution in [0.3, 0.4) is 0 Å². The second kappa shape index (κ2) is 8.54. The van der Waals surface area contributed by atoms with Crippen LogP contribution in [0.5, 0.6) is 5.75 Å². The van der Waals surface area contributed by atoms with Crippen molar-refractivity contribution in [2.75, 3.05) is 13.2 Å². The fraction of sp³-hybridized carbons (Fsp3) is 0.350. The number of hydrogen-bond acceptors (Lipinski definition) is 4. The van der Waals surface area contributed by atoms with Crippen LogP contribution < -0.4 is 14.8 Å². The molecule has 2 N–H and O–H groups in total. The van der Waals surface area contributed by atoms with Gasteiger partial charge in [-0.15, -0.1) is 0 Å². The van der Waals surface area contributed by atoms with Gasteiger partial charge in [0.15, 0.2) is 6.61 Å². The van der Waals surface area contributed by atoms with E-state index in [-0.39, 0.29) is 23.5 Å². The molecule has 144 valence electrons. The van der Waals surface area contributed by atoms with Gasteiger partial charge in [0.2, 0.25) is 10.0 Å². The zero-order valence-corrected chi connectivity index (χ0v) is 16.1. The van der Waals surface area contributed by atoms with Gasteiger partial charge in [-0.05, 0) is 55.5 Å². The first kappa shape index (κ1) is 19.4. The first-order valence-corrected chi connectivity index (χ1v) is 10.5.